The van der Waals surface area contributed by atoms with Crippen molar-refractivity contribution in [2.45, 2.75) is 6.61 Å². The molecule has 0 unspecified atom stereocenters. The average Bonchev–Trinajstić information content (AvgIpc) is 2.41. The average molecular weight is 257 g/mol. The van der Waals surface area contributed by atoms with Gasteiger partial charge in [-0.1, -0.05) is 18.2 Å². The topological polar surface area (TPSA) is 77.2 Å². The van der Waals surface area contributed by atoms with E-state index in [1.165, 1.54) is 12.4 Å². The van der Waals surface area contributed by atoms with Crippen LogP contribution in [0.5, 0.6) is 0 Å². The molecule has 19 heavy (non-hydrogen) atoms. The number of nitrogens with one attached hydrogen (secondary N) is 1. The van der Waals surface area contributed by atoms with Crippen molar-refractivity contribution in [3.8, 4) is 0 Å². The van der Waals surface area contributed by atoms with Crippen molar-refractivity contribution in [2.24, 2.45) is 0 Å². The fraction of sp³-hybridized carbons (Fsp3) is 0.143. The Morgan fingerprint density at radius 2 is 2.16 bits per heavy atom. The summed E-state index contributed by atoms with van der Waals surface area (Å²) in [7, 11) is 1.61. The quantitative estimate of drug-likeness (QED) is 0.879. The molecular weight excluding hydrogens is 242 g/mol. The third-order valence-corrected chi connectivity index (χ3v) is 2.66. The highest BCUT2D eigenvalue weighted by Gasteiger charge is 2.11. The van der Waals surface area contributed by atoms with Gasteiger partial charge in [-0.15, -0.1) is 0 Å². The van der Waals surface area contributed by atoms with Crippen molar-refractivity contribution in [3.63, 3.8) is 0 Å². The molecule has 2 aromatic rings. The minimum Gasteiger partial charge on any atom is -0.397 e. The molecule has 0 atom stereocenters. The molecule has 0 aliphatic rings. The molecule has 1 amide bonds. The second-order valence-corrected chi connectivity index (χ2v) is 4.01. The maximum atomic E-state index is 12.1. The van der Waals surface area contributed by atoms with Gasteiger partial charge in [-0.25, -0.2) is 0 Å². The number of anilines is 2. The fourth-order valence-corrected chi connectivity index (χ4v) is 1.73. The lowest BCUT2D eigenvalue weighted by atomic mass is 10.1. The zero-order chi connectivity index (χ0) is 13.7. The van der Waals surface area contributed by atoms with Crippen LogP contribution in [0.1, 0.15) is 15.9 Å². The number of nitrogen functional groups attached to an aromatic ring is 1. The number of pyridine rings is 1. The van der Waals surface area contributed by atoms with Crippen LogP contribution in [-0.4, -0.2) is 18.0 Å². The lowest BCUT2D eigenvalue weighted by Gasteiger charge is -2.11. The monoisotopic (exact) mass is 257 g/mol. The number of hydrogen-bond acceptors (Lipinski definition) is 4. The Bertz CT molecular complexity index is 584. The van der Waals surface area contributed by atoms with Gasteiger partial charge in [-0.3, -0.25) is 9.78 Å². The highest BCUT2D eigenvalue weighted by Crippen LogP contribution is 2.18. The molecular formula is C14H15N3O2. The Hall–Kier alpha value is -2.40. The van der Waals surface area contributed by atoms with Crippen molar-refractivity contribution in [1.82, 2.24) is 4.98 Å². The highest BCUT2D eigenvalue weighted by atomic mass is 16.5. The Kier molecular flexibility index (Phi) is 4.10. The van der Waals surface area contributed by atoms with Gasteiger partial charge in [0.2, 0.25) is 0 Å². The summed E-state index contributed by atoms with van der Waals surface area (Å²) in [5.74, 6) is -0.261. The zero-order valence-electron chi connectivity index (χ0n) is 10.6. The van der Waals surface area contributed by atoms with E-state index in [2.05, 4.69) is 10.3 Å². The minimum absolute atomic E-state index is 0.261. The number of carbonyl (C=O) groups is 1. The zero-order valence-corrected chi connectivity index (χ0v) is 10.6. The summed E-state index contributed by atoms with van der Waals surface area (Å²) >= 11 is 0. The van der Waals surface area contributed by atoms with Crippen LogP contribution in [0.3, 0.4) is 0 Å². The van der Waals surface area contributed by atoms with Crippen molar-refractivity contribution in [1.29, 1.82) is 0 Å². The second kappa shape index (κ2) is 5.97. The molecule has 0 radical (unpaired) electrons. The van der Waals surface area contributed by atoms with Gasteiger partial charge in [0.25, 0.3) is 5.91 Å². The van der Waals surface area contributed by atoms with Crippen molar-refractivity contribution >= 4 is 17.3 Å². The summed E-state index contributed by atoms with van der Waals surface area (Å²) in [4.78, 5) is 16.0. The number of hydrogen-bond donors (Lipinski definition) is 2. The maximum Gasteiger partial charge on any atom is 0.257 e. The number of nitrogens with zero attached hydrogens (tertiary/aromatic N) is 1. The molecule has 0 spiro atoms. The van der Waals surface area contributed by atoms with Crippen LogP contribution >= 0.6 is 0 Å². The summed E-state index contributed by atoms with van der Waals surface area (Å²) in [6.45, 7) is 0.433. The third kappa shape index (κ3) is 3.08. The van der Waals surface area contributed by atoms with Crippen LogP contribution in [0.15, 0.2) is 42.7 Å². The number of ether oxygens (including phenoxy) is 1. The molecule has 3 N–H and O–H groups in total. The molecule has 1 heterocycles. The van der Waals surface area contributed by atoms with E-state index in [-0.39, 0.29) is 5.91 Å². The van der Waals surface area contributed by atoms with Crippen LogP contribution in [-0.2, 0) is 11.3 Å². The molecule has 98 valence electrons. The summed E-state index contributed by atoms with van der Waals surface area (Å²) in [5, 5.41) is 2.83. The Morgan fingerprint density at radius 3 is 2.89 bits per heavy atom. The second-order valence-electron chi connectivity index (χ2n) is 4.01. The van der Waals surface area contributed by atoms with Gasteiger partial charge in [-0.2, -0.15) is 0 Å². The van der Waals surface area contributed by atoms with Crippen LogP contribution in [0.25, 0.3) is 0 Å². The van der Waals surface area contributed by atoms with E-state index in [1.54, 1.807) is 13.2 Å². The first-order valence-electron chi connectivity index (χ1n) is 5.80. The smallest absolute Gasteiger partial charge is 0.257 e. The minimum atomic E-state index is -0.261. The number of amides is 1. The van der Waals surface area contributed by atoms with Gasteiger partial charge in [0, 0.05) is 24.6 Å². The van der Waals surface area contributed by atoms with E-state index in [4.69, 9.17) is 10.5 Å². The van der Waals surface area contributed by atoms with Crippen LogP contribution in [0.2, 0.25) is 0 Å². The van der Waals surface area contributed by atoms with Gasteiger partial charge < -0.3 is 15.8 Å². The van der Waals surface area contributed by atoms with E-state index in [9.17, 15) is 4.79 Å². The molecule has 0 saturated carbocycles. The number of benzene rings is 1. The first-order chi connectivity index (χ1) is 9.22. The summed E-state index contributed by atoms with van der Waals surface area (Å²) < 4.78 is 5.09. The van der Waals surface area contributed by atoms with E-state index in [1.807, 2.05) is 24.3 Å². The molecule has 0 aliphatic carbocycles. The SMILES string of the molecule is COCc1ccccc1NC(=O)c1ccncc1N. The number of para-hydroxylation sites is 1. The summed E-state index contributed by atoms with van der Waals surface area (Å²) in [6.07, 6.45) is 2.99. The standard InChI is InChI=1S/C14H15N3O2/c1-19-9-10-4-2-3-5-13(10)17-14(18)11-6-7-16-8-12(11)15/h2-8H,9,15H2,1H3,(H,17,18). The van der Waals surface area contributed by atoms with Crippen molar-refractivity contribution in [3.05, 3.63) is 53.9 Å². The first kappa shape index (κ1) is 13.0. The summed E-state index contributed by atoms with van der Waals surface area (Å²) in [6, 6.07) is 9.05. The van der Waals surface area contributed by atoms with Gasteiger partial charge in [0.05, 0.1) is 24.1 Å². The third-order valence-electron chi connectivity index (χ3n) is 2.66. The van der Waals surface area contributed by atoms with Crippen LogP contribution in [0, 0.1) is 0 Å². The molecule has 2 rings (SSSR count). The van der Waals surface area contributed by atoms with Gasteiger partial charge in [0.1, 0.15) is 0 Å². The maximum absolute atomic E-state index is 12.1. The molecule has 5 heteroatoms. The molecule has 0 saturated heterocycles. The largest absolute Gasteiger partial charge is 0.397 e. The molecule has 5 nitrogen and oxygen atoms in total. The number of nitrogens with two attached hydrogens (primary N) is 1. The molecule has 0 bridgehead atoms. The van der Waals surface area contributed by atoms with E-state index < -0.39 is 0 Å². The first-order valence-corrected chi connectivity index (χ1v) is 5.80. The molecule has 0 fully saturated rings. The Balaban J connectivity index is 2.22. The molecule has 1 aromatic heterocycles. The van der Waals surface area contributed by atoms with Gasteiger partial charge in [0.15, 0.2) is 0 Å². The number of methoxy groups -OCH3 is 1. The Labute approximate surface area is 111 Å². The van der Waals surface area contributed by atoms with E-state index in [0.29, 0.717) is 23.5 Å². The van der Waals surface area contributed by atoms with Crippen molar-refractivity contribution in [2.75, 3.05) is 18.2 Å². The lowest BCUT2D eigenvalue weighted by Crippen LogP contribution is -2.15. The number of carbonyl (C=O) groups excluding carboxylic acids is 1. The van der Waals surface area contributed by atoms with Crippen molar-refractivity contribution < 1.29 is 9.53 Å². The molecule has 1 aromatic carbocycles. The number of rotatable bonds is 4. The number of aromatic nitrogens is 1. The lowest BCUT2D eigenvalue weighted by molar-refractivity contribution is 0.102. The van der Waals surface area contributed by atoms with Crippen LogP contribution in [0.4, 0.5) is 11.4 Å². The van der Waals surface area contributed by atoms with Gasteiger partial charge in [-0.05, 0) is 12.1 Å². The van der Waals surface area contributed by atoms with E-state index >= 15 is 0 Å². The van der Waals surface area contributed by atoms with E-state index in [0.717, 1.165) is 5.56 Å². The van der Waals surface area contributed by atoms with Crippen LogP contribution < -0.4 is 11.1 Å². The Morgan fingerprint density at radius 1 is 1.37 bits per heavy atom. The fourth-order valence-electron chi connectivity index (χ4n) is 1.73. The highest BCUT2D eigenvalue weighted by molar-refractivity contribution is 6.07. The predicted molar refractivity (Wildman–Crippen MR) is 73.8 cm³/mol. The van der Waals surface area contributed by atoms with Gasteiger partial charge >= 0.3 is 0 Å². The summed E-state index contributed by atoms with van der Waals surface area (Å²) in [5.41, 5.74) is 8.10. The molecule has 0 aliphatic heterocycles. The normalized spacial score (nSPS) is 10.2. The predicted octanol–water partition coefficient (Wildman–Crippen LogP) is 2.06.